The Hall–Kier alpha value is -1.97. The number of aromatic nitrogens is 1. The third kappa shape index (κ3) is 2.38. The maximum absolute atomic E-state index is 13.3. The molecule has 2 nitrogen and oxygen atoms in total. The zero-order valence-electron chi connectivity index (χ0n) is 10.4. The second-order valence-electron chi connectivity index (χ2n) is 4.52. The van der Waals surface area contributed by atoms with Crippen LogP contribution in [-0.2, 0) is 0 Å². The average molecular weight is 288 g/mol. The molecule has 1 unspecified atom stereocenters. The van der Waals surface area contributed by atoms with Gasteiger partial charge in [0.1, 0.15) is 11.9 Å². The minimum Gasteiger partial charge on any atom is -0.384 e. The van der Waals surface area contributed by atoms with Crippen molar-refractivity contribution < 1.29 is 9.50 Å². The van der Waals surface area contributed by atoms with Crippen LogP contribution in [0.1, 0.15) is 17.2 Å². The molecule has 0 bridgehead atoms. The van der Waals surface area contributed by atoms with Gasteiger partial charge >= 0.3 is 0 Å². The van der Waals surface area contributed by atoms with Gasteiger partial charge in [-0.2, -0.15) is 0 Å². The van der Waals surface area contributed by atoms with E-state index < -0.39 is 11.9 Å². The Morgan fingerprint density at radius 2 is 1.95 bits per heavy atom. The fourth-order valence-corrected chi connectivity index (χ4v) is 2.39. The molecule has 0 fully saturated rings. The number of pyridine rings is 1. The number of aliphatic hydroxyl groups excluding tert-OH is 1. The molecule has 0 aliphatic carbocycles. The molecular formula is C16H11ClFNO. The Balaban J connectivity index is 2.07. The Labute approximate surface area is 120 Å². The van der Waals surface area contributed by atoms with Crippen molar-refractivity contribution in [3.05, 3.63) is 76.7 Å². The van der Waals surface area contributed by atoms with E-state index in [9.17, 15) is 9.50 Å². The van der Waals surface area contributed by atoms with Gasteiger partial charge < -0.3 is 5.11 Å². The molecule has 20 heavy (non-hydrogen) atoms. The van der Waals surface area contributed by atoms with Crippen LogP contribution >= 0.6 is 11.6 Å². The van der Waals surface area contributed by atoms with Crippen LogP contribution in [-0.4, -0.2) is 10.1 Å². The van der Waals surface area contributed by atoms with Gasteiger partial charge in [-0.25, -0.2) is 4.39 Å². The van der Waals surface area contributed by atoms with Crippen LogP contribution in [0.15, 0.2) is 54.7 Å². The molecule has 0 saturated carbocycles. The highest BCUT2D eigenvalue weighted by Crippen LogP contribution is 2.30. The lowest BCUT2D eigenvalue weighted by Crippen LogP contribution is -2.01. The smallest absolute Gasteiger partial charge is 0.123 e. The molecule has 1 heterocycles. The summed E-state index contributed by atoms with van der Waals surface area (Å²) in [5.41, 5.74) is 1.85. The summed E-state index contributed by atoms with van der Waals surface area (Å²) in [7, 11) is 0. The van der Waals surface area contributed by atoms with Crippen molar-refractivity contribution in [1.82, 2.24) is 4.98 Å². The van der Waals surface area contributed by atoms with E-state index in [4.69, 9.17) is 11.6 Å². The predicted molar refractivity (Wildman–Crippen MR) is 77.2 cm³/mol. The van der Waals surface area contributed by atoms with E-state index in [2.05, 4.69) is 4.98 Å². The van der Waals surface area contributed by atoms with Gasteiger partial charge in [0.05, 0.1) is 5.52 Å². The first-order chi connectivity index (χ1) is 9.65. The van der Waals surface area contributed by atoms with Gasteiger partial charge in [0, 0.05) is 22.2 Å². The molecule has 0 saturated heterocycles. The summed E-state index contributed by atoms with van der Waals surface area (Å²) in [5.74, 6) is -0.425. The maximum Gasteiger partial charge on any atom is 0.123 e. The van der Waals surface area contributed by atoms with Gasteiger partial charge in [-0.3, -0.25) is 4.98 Å². The van der Waals surface area contributed by atoms with Crippen LogP contribution in [0.25, 0.3) is 10.9 Å². The molecule has 0 amide bonds. The summed E-state index contributed by atoms with van der Waals surface area (Å²) in [6.45, 7) is 0. The van der Waals surface area contributed by atoms with Crippen molar-refractivity contribution in [2.45, 2.75) is 6.10 Å². The SMILES string of the molecule is OC(c1ccc2ncccc2c1)c1cc(F)ccc1Cl. The van der Waals surface area contributed by atoms with Gasteiger partial charge in [0.25, 0.3) is 0 Å². The lowest BCUT2D eigenvalue weighted by Gasteiger charge is -2.14. The first-order valence-electron chi connectivity index (χ1n) is 6.13. The molecular weight excluding hydrogens is 277 g/mol. The molecule has 4 heteroatoms. The van der Waals surface area contributed by atoms with Crippen molar-refractivity contribution in [3.63, 3.8) is 0 Å². The van der Waals surface area contributed by atoms with Crippen LogP contribution in [0.2, 0.25) is 5.02 Å². The molecule has 1 N–H and O–H groups in total. The minimum absolute atomic E-state index is 0.338. The predicted octanol–water partition coefficient (Wildman–Crippen LogP) is 4.11. The number of benzene rings is 2. The molecule has 100 valence electrons. The number of rotatable bonds is 2. The normalized spacial score (nSPS) is 12.6. The van der Waals surface area contributed by atoms with E-state index in [0.29, 0.717) is 16.1 Å². The Bertz CT molecular complexity index is 775. The van der Waals surface area contributed by atoms with Crippen molar-refractivity contribution in [2.24, 2.45) is 0 Å². The average Bonchev–Trinajstić information content (AvgIpc) is 2.48. The Morgan fingerprint density at radius 3 is 2.80 bits per heavy atom. The quantitative estimate of drug-likeness (QED) is 0.769. The van der Waals surface area contributed by atoms with Crippen molar-refractivity contribution in [1.29, 1.82) is 0 Å². The van der Waals surface area contributed by atoms with Gasteiger partial charge in [0.15, 0.2) is 0 Å². The number of aliphatic hydroxyl groups is 1. The van der Waals surface area contributed by atoms with E-state index in [-0.39, 0.29) is 0 Å². The van der Waals surface area contributed by atoms with E-state index in [1.807, 2.05) is 24.3 Å². The lowest BCUT2D eigenvalue weighted by atomic mass is 10.00. The second-order valence-corrected chi connectivity index (χ2v) is 4.93. The zero-order valence-corrected chi connectivity index (χ0v) is 11.2. The van der Waals surface area contributed by atoms with Crippen LogP contribution in [0, 0.1) is 5.82 Å². The second kappa shape index (κ2) is 5.19. The highest BCUT2D eigenvalue weighted by molar-refractivity contribution is 6.31. The molecule has 3 aromatic rings. The summed E-state index contributed by atoms with van der Waals surface area (Å²) in [4.78, 5) is 4.22. The van der Waals surface area contributed by atoms with Crippen molar-refractivity contribution in [2.75, 3.05) is 0 Å². The highest BCUT2D eigenvalue weighted by atomic mass is 35.5. The standard InChI is InChI=1S/C16H11ClFNO/c17-14-5-4-12(18)9-13(14)16(20)11-3-6-15-10(8-11)2-1-7-19-15/h1-9,16,20H. The van der Waals surface area contributed by atoms with E-state index in [1.165, 1.54) is 18.2 Å². The molecule has 1 aromatic heterocycles. The largest absolute Gasteiger partial charge is 0.384 e. The summed E-state index contributed by atoms with van der Waals surface area (Å²) in [6, 6.07) is 13.1. The molecule has 0 aliphatic rings. The highest BCUT2D eigenvalue weighted by Gasteiger charge is 2.15. The monoisotopic (exact) mass is 287 g/mol. The lowest BCUT2D eigenvalue weighted by molar-refractivity contribution is 0.220. The Kier molecular flexibility index (Phi) is 3.38. The maximum atomic E-state index is 13.3. The number of fused-ring (bicyclic) bond motifs is 1. The third-order valence-corrected chi connectivity index (χ3v) is 3.54. The zero-order chi connectivity index (χ0) is 14.1. The van der Waals surface area contributed by atoms with Gasteiger partial charge in [-0.1, -0.05) is 23.7 Å². The first kappa shape index (κ1) is 13.0. The van der Waals surface area contributed by atoms with Gasteiger partial charge in [0.2, 0.25) is 0 Å². The summed E-state index contributed by atoms with van der Waals surface area (Å²) in [5, 5.41) is 11.6. The minimum atomic E-state index is -0.970. The fourth-order valence-electron chi connectivity index (χ4n) is 2.17. The molecule has 2 aromatic carbocycles. The van der Waals surface area contributed by atoms with Crippen LogP contribution < -0.4 is 0 Å². The molecule has 1 atom stereocenters. The van der Waals surface area contributed by atoms with Crippen LogP contribution in [0.5, 0.6) is 0 Å². The molecule has 0 spiro atoms. The summed E-state index contributed by atoms with van der Waals surface area (Å²) < 4.78 is 13.3. The fraction of sp³-hybridized carbons (Fsp3) is 0.0625. The van der Waals surface area contributed by atoms with Gasteiger partial charge in [-0.05, 0) is 42.0 Å². The summed E-state index contributed by atoms with van der Waals surface area (Å²) >= 11 is 6.02. The first-order valence-corrected chi connectivity index (χ1v) is 6.50. The number of halogens is 2. The van der Waals surface area contributed by atoms with E-state index in [1.54, 1.807) is 12.3 Å². The van der Waals surface area contributed by atoms with Crippen LogP contribution in [0.3, 0.4) is 0 Å². The summed E-state index contributed by atoms with van der Waals surface area (Å²) in [6.07, 6.45) is 0.741. The van der Waals surface area contributed by atoms with Crippen molar-refractivity contribution >= 4 is 22.5 Å². The van der Waals surface area contributed by atoms with Crippen molar-refractivity contribution in [3.8, 4) is 0 Å². The Morgan fingerprint density at radius 1 is 1.10 bits per heavy atom. The number of hydrogen-bond acceptors (Lipinski definition) is 2. The molecule has 0 radical (unpaired) electrons. The third-order valence-electron chi connectivity index (χ3n) is 3.20. The van der Waals surface area contributed by atoms with E-state index >= 15 is 0 Å². The topological polar surface area (TPSA) is 33.1 Å². The molecule has 3 rings (SSSR count). The number of hydrogen-bond donors (Lipinski definition) is 1. The van der Waals surface area contributed by atoms with Crippen LogP contribution in [0.4, 0.5) is 4.39 Å². The number of nitrogens with zero attached hydrogens (tertiary/aromatic N) is 1. The van der Waals surface area contributed by atoms with Gasteiger partial charge in [-0.15, -0.1) is 0 Å². The van der Waals surface area contributed by atoms with E-state index in [0.717, 1.165) is 10.9 Å². The molecule has 0 aliphatic heterocycles.